The summed E-state index contributed by atoms with van der Waals surface area (Å²) >= 11 is 0. The van der Waals surface area contributed by atoms with E-state index in [0.717, 1.165) is 43.3 Å². The lowest BCUT2D eigenvalue weighted by Gasteiger charge is -2.24. The molecule has 0 saturated heterocycles. The Morgan fingerprint density at radius 1 is 0.971 bits per heavy atom. The molecule has 0 spiro atoms. The van der Waals surface area contributed by atoms with Crippen LogP contribution in [0, 0.1) is 0 Å². The number of carbonyl (C=O) groups is 2. The zero-order valence-corrected chi connectivity index (χ0v) is 19.4. The fourth-order valence-electron chi connectivity index (χ4n) is 3.52. The van der Waals surface area contributed by atoms with Crippen molar-refractivity contribution in [1.29, 1.82) is 0 Å². The summed E-state index contributed by atoms with van der Waals surface area (Å²) in [5, 5.41) is 14.8. The van der Waals surface area contributed by atoms with Crippen LogP contribution in [-0.4, -0.2) is 52.0 Å². The van der Waals surface area contributed by atoms with Crippen molar-refractivity contribution in [2.75, 3.05) is 19.9 Å². The molecular weight excluding hydrogens is 452 g/mol. The molecule has 0 fully saturated rings. The maximum atomic E-state index is 9.10. The quantitative estimate of drug-likeness (QED) is 0.443. The maximum absolute atomic E-state index is 9.10. The Hall–Kier alpha value is -4.11. The van der Waals surface area contributed by atoms with Crippen molar-refractivity contribution in [2.45, 2.75) is 26.4 Å². The lowest BCUT2D eigenvalue weighted by Crippen LogP contribution is -2.25. The highest BCUT2D eigenvalue weighted by Gasteiger charge is 2.15. The number of carboxylic acids is 2. The number of fused-ring (bicyclic) bond motifs is 1. The molecule has 0 saturated carbocycles. The van der Waals surface area contributed by atoms with Crippen molar-refractivity contribution in [3.8, 4) is 17.2 Å². The third-order valence-corrected chi connectivity index (χ3v) is 5.13. The molecule has 2 aromatic carbocycles. The molecular formula is C26H28N2O7. The van der Waals surface area contributed by atoms with Crippen LogP contribution in [0.25, 0.3) is 0 Å². The van der Waals surface area contributed by atoms with E-state index in [4.69, 9.17) is 34.0 Å². The first-order valence-electron chi connectivity index (χ1n) is 11.1. The predicted molar refractivity (Wildman–Crippen MR) is 128 cm³/mol. The summed E-state index contributed by atoms with van der Waals surface area (Å²) in [4.78, 5) is 24.9. The summed E-state index contributed by atoms with van der Waals surface area (Å²) in [5.74, 6) is -1.03. The second-order valence-electron chi connectivity index (χ2n) is 7.66. The van der Waals surface area contributed by atoms with Crippen LogP contribution in [-0.2, 0) is 29.1 Å². The van der Waals surface area contributed by atoms with Crippen LogP contribution >= 0.6 is 0 Å². The van der Waals surface area contributed by atoms with Crippen molar-refractivity contribution >= 4 is 11.9 Å². The van der Waals surface area contributed by atoms with Gasteiger partial charge in [-0.15, -0.1) is 0 Å². The first-order valence-corrected chi connectivity index (χ1v) is 11.1. The number of aromatic nitrogens is 1. The van der Waals surface area contributed by atoms with Crippen molar-refractivity contribution < 1.29 is 34.0 Å². The van der Waals surface area contributed by atoms with E-state index in [0.29, 0.717) is 13.4 Å². The summed E-state index contributed by atoms with van der Waals surface area (Å²) < 4.78 is 16.8. The molecule has 2 heterocycles. The van der Waals surface area contributed by atoms with Gasteiger partial charge in [0.25, 0.3) is 0 Å². The van der Waals surface area contributed by atoms with Gasteiger partial charge >= 0.3 is 11.9 Å². The Bertz CT molecular complexity index is 1110. The number of benzene rings is 2. The third-order valence-electron chi connectivity index (χ3n) is 5.13. The van der Waals surface area contributed by atoms with Crippen LogP contribution in [0.3, 0.4) is 0 Å². The number of pyridine rings is 1. The Balaban J connectivity index is 0.000000509. The van der Waals surface area contributed by atoms with E-state index in [-0.39, 0.29) is 0 Å². The minimum absolute atomic E-state index is 0.306. The van der Waals surface area contributed by atoms with Gasteiger partial charge in [-0.2, -0.15) is 0 Å². The minimum Gasteiger partial charge on any atom is -0.494 e. The average Bonchev–Trinajstić information content (AvgIpc) is 3.33. The zero-order valence-electron chi connectivity index (χ0n) is 19.4. The molecule has 0 radical (unpaired) electrons. The zero-order chi connectivity index (χ0) is 25.0. The number of nitrogens with zero attached hydrogens (tertiary/aromatic N) is 2. The van der Waals surface area contributed by atoms with Crippen LogP contribution in [0.4, 0.5) is 0 Å². The third kappa shape index (κ3) is 8.01. The van der Waals surface area contributed by atoms with Gasteiger partial charge < -0.3 is 24.4 Å². The van der Waals surface area contributed by atoms with Crippen LogP contribution in [0.15, 0.2) is 67.0 Å². The maximum Gasteiger partial charge on any atom is 0.414 e. The Kier molecular flexibility index (Phi) is 9.44. The van der Waals surface area contributed by atoms with Crippen molar-refractivity contribution in [2.24, 2.45) is 0 Å². The van der Waals surface area contributed by atoms with Crippen LogP contribution < -0.4 is 14.2 Å². The number of aliphatic carboxylic acids is 2. The van der Waals surface area contributed by atoms with Gasteiger partial charge in [-0.3, -0.25) is 9.88 Å². The van der Waals surface area contributed by atoms with Gasteiger partial charge in [-0.05, 0) is 48.7 Å². The van der Waals surface area contributed by atoms with E-state index in [1.54, 1.807) is 0 Å². The SMILES string of the molecule is CCOc1ccccc1CN(CCc1ccc2c(c1)OCO2)Cc1cccnc1.O=C(O)C(=O)O. The normalized spacial score (nSPS) is 11.5. The molecule has 1 aliphatic heterocycles. The van der Waals surface area contributed by atoms with Gasteiger partial charge in [-0.1, -0.05) is 30.3 Å². The van der Waals surface area contributed by atoms with Crippen LogP contribution in [0.5, 0.6) is 17.2 Å². The molecule has 2 N–H and O–H groups in total. The number of ether oxygens (including phenoxy) is 3. The number of carboxylic acid groups (broad SMARTS) is 2. The van der Waals surface area contributed by atoms with Gasteiger partial charge in [0.1, 0.15) is 5.75 Å². The molecule has 0 aliphatic carbocycles. The monoisotopic (exact) mass is 480 g/mol. The van der Waals surface area contributed by atoms with E-state index < -0.39 is 11.9 Å². The van der Waals surface area contributed by atoms with Gasteiger partial charge in [0.2, 0.25) is 6.79 Å². The lowest BCUT2D eigenvalue weighted by molar-refractivity contribution is -0.159. The Morgan fingerprint density at radius 2 is 1.74 bits per heavy atom. The second kappa shape index (κ2) is 13.0. The molecule has 0 unspecified atom stereocenters. The van der Waals surface area contributed by atoms with Crippen molar-refractivity contribution in [3.05, 3.63) is 83.7 Å². The van der Waals surface area contributed by atoms with Gasteiger partial charge in [0.05, 0.1) is 6.61 Å². The molecule has 0 amide bonds. The molecule has 0 bridgehead atoms. The lowest BCUT2D eigenvalue weighted by atomic mass is 10.1. The molecule has 1 aromatic heterocycles. The standard InChI is InChI=1S/C24H26N2O3.C2H2O4/c1-2-27-22-8-4-3-7-21(22)17-26(16-20-6-5-12-25-15-20)13-11-19-9-10-23-24(14-19)29-18-28-23;3-1(4)2(5)6/h3-10,12,14-15H,2,11,13,16-18H2,1H3;(H,3,4)(H,5,6). The first kappa shape index (κ1) is 25.5. The van der Waals surface area contributed by atoms with E-state index in [9.17, 15) is 0 Å². The fourth-order valence-corrected chi connectivity index (χ4v) is 3.52. The number of rotatable bonds is 9. The van der Waals surface area contributed by atoms with Gasteiger partial charge in [0.15, 0.2) is 11.5 Å². The molecule has 4 rings (SSSR count). The van der Waals surface area contributed by atoms with Crippen molar-refractivity contribution in [3.63, 3.8) is 0 Å². The summed E-state index contributed by atoms with van der Waals surface area (Å²) in [6, 6.07) is 18.6. The topological polar surface area (TPSA) is 118 Å². The molecule has 184 valence electrons. The molecule has 35 heavy (non-hydrogen) atoms. The number of para-hydroxylation sites is 1. The molecule has 1 aliphatic rings. The smallest absolute Gasteiger partial charge is 0.414 e. The summed E-state index contributed by atoms with van der Waals surface area (Å²) in [6.45, 7) is 5.55. The van der Waals surface area contributed by atoms with Crippen LogP contribution in [0.2, 0.25) is 0 Å². The average molecular weight is 481 g/mol. The minimum atomic E-state index is -1.82. The van der Waals surface area contributed by atoms with Gasteiger partial charge in [0, 0.05) is 37.6 Å². The molecule has 9 heteroatoms. The summed E-state index contributed by atoms with van der Waals surface area (Å²) in [5.41, 5.74) is 3.64. The first-order chi connectivity index (χ1) is 17.0. The second-order valence-corrected chi connectivity index (χ2v) is 7.66. The summed E-state index contributed by atoms with van der Waals surface area (Å²) in [6.07, 6.45) is 4.67. The van der Waals surface area contributed by atoms with Gasteiger partial charge in [-0.25, -0.2) is 9.59 Å². The molecule has 9 nitrogen and oxygen atoms in total. The molecule has 3 aromatic rings. The highest BCUT2D eigenvalue weighted by molar-refractivity contribution is 6.27. The number of hydrogen-bond donors (Lipinski definition) is 2. The Morgan fingerprint density at radius 3 is 2.46 bits per heavy atom. The largest absolute Gasteiger partial charge is 0.494 e. The summed E-state index contributed by atoms with van der Waals surface area (Å²) in [7, 11) is 0. The van der Waals surface area contributed by atoms with E-state index in [1.165, 1.54) is 16.7 Å². The fraction of sp³-hybridized carbons (Fsp3) is 0.269. The molecule has 0 atom stereocenters. The highest BCUT2D eigenvalue weighted by atomic mass is 16.7. The number of hydrogen-bond acceptors (Lipinski definition) is 7. The Labute approximate surface area is 203 Å². The highest BCUT2D eigenvalue weighted by Crippen LogP contribution is 2.32. The predicted octanol–water partition coefficient (Wildman–Crippen LogP) is 3.61. The van der Waals surface area contributed by atoms with E-state index in [1.807, 2.05) is 43.6 Å². The van der Waals surface area contributed by atoms with Crippen LogP contribution in [0.1, 0.15) is 23.6 Å². The van der Waals surface area contributed by atoms with E-state index in [2.05, 4.69) is 40.2 Å². The van der Waals surface area contributed by atoms with Crippen molar-refractivity contribution in [1.82, 2.24) is 9.88 Å². The van der Waals surface area contributed by atoms with E-state index >= 15 is 0 Å².